The van der Waals surface area contributed by atoms with Crippen molar-refractivity contribution >= 4 is 0 Å². The van der Waals surface area contributed by atoms with Gasteiger partial charge in [-0.3, -0.25) is 0 Å². The first-order valence-electron chi connectivity index (χ1n) is 5.61. The SMILES string of the molecule is COc1cccc2c1C(c1ccccc1)C2. The Hall–Kier alpha value is -1.76. The molecule has 0 N–H and O–H groups in total. The topological polar surface area (TPSA) is 9.23 Å². The van der Waals surface area contributed by atoms with Crippen molar-refractivity contribution in [2.75, 3.05) is 7.11 Å². The van der Waals surface area contributed by atoms with Gasteiger partial charge < -0.3 is 4.74 Å². The molecule has 0 amide bonds. The highest BCUT2D eigenvalue weighted by Gasteiger charge is 2.30. The van der Waals surface area contributed by atoms with Crippen molar-refractivity contribution in [1.82, 2.24) is 0 Å². The summed E-state index contributed by atoms with van der Waals surface area (Å²) in [6.45, 7) is 0. The lowest BCUT2D eigenvalue weighted by atomic mass is 9.73. The van der Waals surface area contributed by atoms with Gasteiger partial charge in [0.25, 0.3) is 0 Å². The molecular weight excluding hydrogens is 196 g/mol. The summed E-state index contributed by atoms with van der Waals surface area (Å²) in [5.74, 6) is 1.55. The molecule has 2 aromatic carbocycles. The zero-order valence-electron chi connectivity index (χ0n) is 9.31. The van der Waals surface area contributed by atoms with E-state index in [0.29, 0.717) is 5.92 Å². The van der Waals surface area contributed by atoms with Gasteiger partial charge in [-0.25, -0.2) is 0 Å². The molecule has 3 rings (SSSR count). The van der Waals surface area contributed by atoms with Crippen LogP contribution < -0.4 is 4.74 Å². The number of hydrogen-bond acceptors (Lipinski definition) is 1. The highest BCUT2D eigenvalue weighted by Crippen LogP contribution is 2.45. The maximum Gasteiger partial charge on any atom is 0.122 e. The Labute approximate surface area is 95.7 Å². The number of benzene rings is 2. The highest BCUT2D eigenvalue weighted by molar-refractivity contribution is 5.54. The maximum atomic E-state index is 5.43. The largest absolute Gasteiger partial charge is 0.496 e. The van der Waals surface area contributed by atoms with Gasteiger partial charge in [0.15, 0.2) is 0 Å². The van der Waals surface area contributed by atoms with E-state index < -0.39 is 0 Å². The van der Waals surface area contributed by atoms with Crippen LogP contribution in [0.15, 0.2) is 48.5 Å². The first-order chi connectivity index (χ1) is 7.90. The minimum absolute atomic E-state index is 0.521. The smallest absolute Gasteiger partial charge is 0.122 e. The van der Waals surface area contributed by atoms with Crippen LogP contribution in [0.5, 0.6) is 5.75 Å². The normalized spacial score (nSPS) is 17.4. The molecule has 0 spiro atoms. The van der Waals surface area contributed by atoms with Crippen molar-refractivity contribution in [1.29, 1.82) is 0 Å². The van der Waals surface area contributed by atoms with Crippen LogP contribution in [0.3, 0.4) is 0 Å². The summed E-state index contributed by atoms with van der Waals surface area (Å²) >= 11 is 0. The van der Waals surface area contributed by atoms with Crippen molar-refractivity contribution in [3.8, 4) is 5.75 Å². The van der Waals surface area contributed by atoms with E-state index in [0.717, 1.165) is 12.2 Å². The standard InChI is InChI=1S/C15H14O/c1-16-14-9-5-8-12-10-13(15(12)14)11-6-3-2-4-7-11/h2-9,13H,10H2,1H3. The minimum Gasteiger partial charge on any atom is -0.496 e. The van der Waals surface area contributed by atoms with E-state index in [2.05, 4.69) is 42.5 Å². The summed E-state index contributed by atoms with van der Waals surface area (Å²) in [4.78, 5) is 0. The molecule has 1 heteroatoms. The van der Waals surface area contributed by atoms with Gasteiger partial charge in [0.1, 0.15) is 5.75 Å². The number of rotatable bonds is 2. The lowest BCUT2D eigenvalue weighted by molar-refractivity contribution is 0.401. The van der Waals surface area contributed by atoms with Crippen molar-refractivity contribution in [2.45, 2.75) is 12.3 Å². The van der Waals surface area contributed by atoms with E-state index in [1.807, 2.05) is 6.07 Å². The zero-order chi connectivity index (χ0) is 11.0. The predicted molar refractivity (Wildman–Crippen MR) is 65.0 cm³/mol. The molecule has 0 radical (unpaired) electrons. The Kier molecular flexibility index (Phi) is 2.17. The average molecular weight is 210 g/mol. The third-order valence-electron chi connectivity index (χ3n) is 3.35. The molecule has 0 aliphatic heterocycles. The monoisotopic (exact) mass is 210 g/mol. The quantitative estimate of drug-likeness (QED) is 0.738. The van der Waals surface area contributed by atoms with Gasteiger partial charge in [0, 0.05) is 11.5 Å². The third-order valence-corrected chi connectivity index (χ3v) is 3.35. The summed E-state index contributed by atoms with van der Waals surface area (Å²) < 4.78 is 5.43. The van der Waals surface area contributed by atoms with Crippen molar-refractivity contribution in [3.05, 3.63) is 65.2 Å². The molecule has 2 aromatic rings. The Bertz CT molecular complexity index is 502. The van der Waals surface area contributed by atoms with Crippen LogP contribution in [0.25, 0.3) is 0 Å². The maximum absolute atomic E-state index is 5.43. The van der Waals surface area contributed by atoms with Gasteiger partial charge in [-0.1, -0.05) is 42.5 Å². The molecular formula is C15H14O. The minimum atomic E-state index is 0.521. The molecule has 1 atom stereocenters. The highest BCUT2D eigenvalue weighted by atomic mass is 16.5. The molecule has 1 unspecified atom stereocenters. The molecule has 0 heterocycles. The number of ether oxygens (including phenoxy) is 1. The predicted octanol–water partition coefficient (Wildman–Crippen LogP) is 3.38. The summed E-state index contributed by atoms with van der Waals surface area (Å²) in [6.07, 6.45) is 1.14. The summed E-state index contributed by atoms with van der Waals surface area (Å²) in [6, 6.07) is 17.0. The summed E-state index contributed by atoms with van der Waals surface area (Å²) in [5, 5.41) is 0. The first kappa shape index (κ1) is 9.46. The van der Waals surface area contributed by atoms with Crippen LogP contribution in [0.1, 0.15) is 22.6 Å². The average Bonchev–Trinajstić information content (AvgIpc) is 2.31. The molecule has 1 aliphatic carbocycles. The molecule has 0 fully saturated rings. The van der Waals surface area contributed by atoms with Gasteiger partial charge in [0.05, 0.1) is 7.11 Å². The molecule has 1 nitrogen and oxygen atoms in total. The van der Waals surface area contributed by atoms with E-state index >= 15 is 0 Å². The van der Waals surface area contributed by atoms with Crippen LogP contribution in [0.4, 0.5) is 0 Å². The molecule has 80 valence electrons. The summed E-state index contributed by atoms with van der Waals surface area (Å²) in [7, 11) is 1.75. The van der Waals surface area contributed by atoms with E-state index in [1.165, 1.54) is 16.7 Å². The fraction of sp³-hybridized carbons (Fsp3) is 0.200. The van der Waals surface area contributed by atoms with Gasteiger partial charge in [0.2, 0.25) is 0 Å². The fourth-order valence-electron chi connectivity index (χ4n) is 2.50. The number of hydrogen-bond donors (Lipinski definition) is 0. The molecule has 0 bridgehead atoms. The van der Waals surface area contributed by atoms with Gasteiger partial charge in [-0.05, 0) is 23.6 Å². The first-order valence-corrected chi connectivity index (χ1v) is 5.61. The molecule has 0 saturated carbocycles. The van der Waals surface area contributed by atoms with Crippen LogP contribution >= 0.6 is 0 Å². The van der Waals surface area contributed by atoms with E-state index in [9.17, 15) is 0 Å². The Morgan fingerprint density at radius 3 is 2.56 bits per heavy atom. The lowest BCUT2D eigenvalue weighted by Crippen LogP contribution is -2.19. The van der Waals surface area contributed by atoms with Crippen LogP contribution in [-0.2, 0) is 6.42 Å². The van der Waals surface area contributed by atoms with Crippen molar-refractivity contribution in [2.24, 2.45) is 0 Å². The van der Waals surface area contributed by atoms with E-state index in [4.69, 9.17) is 4.74 Å². The van der Waals surface area contributed by atoms with E-state index in [-0.39, 0.29) is 0 Å². The lowest BCUT2D eigenvalue weighted by Gasteiger charge is -2.32. The number of methoxy groups -OCH3 is 1. The molecule has 16 heavy (non-hydrogen) atoms. The fourth-order valence-corrected chi connectivity index (χ4v) is 2.50. The van der Waals surface area contributed by atoms with Gasteiger partial charge >= 0.3 is 0 Å². The van der Waals surface area contributed by atoms with Gasteiger partial charge in [-0.2, -0.15) is 0 Å². The summed E-state index contributed by atoms with van der Waals surface area (Å²) in [5.41, 5.74) is 4.18. The second kappa shape index (κ2) is 3.67. The molecule has 0 aromatic heterocycles. The van der Waals surface area contributed by atoms with Crippen LogP contribution in [0.2, 0.25) is 0 Å². The number of fused-ring (bicyclic) bond motifs is 1. The van der Waals surface area contributed by atoms with Crippen molar-refractivity contribution in [3.63, 3.8) is 0 Å². The molecule has 0 saturated heterocycles. The van der Waals surface area contributed by atoms with Crippen molar-refractivity contribution < 1.29 is 4.74 Å². The van der Waals surface area contributed by atoms with Crippen LogP contribution in [0, 0.1) is 0 Å². The zero-order valence-corrected chi connectivity index (χ0v) is 9.31. The Morgan fingerprint density at radius 2 is 1.81 bits per heavy atom. The third kappa shape index (κ3) is 1.32. The van der Waals surface area contributed by atoms with E-state index in [1.54, 1.807) is 7.11 Å². The Morgan fingerprint density at radius 1 is 1.00 bits per heavy atom. The van der Waals surface area contributed by atoms with Crippen LogP contribution in [-0.4, -0.2) is 7.11 Å². The van der Waals surface area contributed by atoms with Gasteiger partial charge in [-0.15, -0.1) is 0 Å². The second-order valence-electron chi connectivity index (χ2n) is 4.20. The second-order valence-corrected chi connectivity index (χ2v) is 4.20. The molecule has 1 aliphatic rings. The Balaban J connectivity index is 2.03.